The number of aromatic nitrogens is 1. The third kappa shape index (κ3) is 5.22. The Kier molecular flexibility index (Phi) is 6.97. The average Bonchev–Trinajstić information content (AvgIpc) is 3.78. The monoisotopic (exact) mass is 547 g/mol. The summed E-state index contributed by atoms with van der Waals surface area (Å²) < 4.78 is 5.45. The first-order chi connectivity index (χ1) is 18.5. The summed E-state index contributed by atoms with van der Waals surface area (Å²) in [6.45, 7) is 4.31. The van der Waals surface area contributed by atoms with Gasteiger partial charge in [-0.15, -0.1) is 0 Å². The molecule has 8 heteroatoms. The molecule has 0 atom stereocenters. The lowest BCUT2D eigenvalue weighted by Crippen LogP contribution is -2.35. The van der Waals surface area contributed by atoms with E-state index >= 15 is 0 Å². The highest BCUT2D eigenvalue weighted by molar-refractivity contribution is 6.37. The number of aromatic hydroxyl groups is 1. The molecular formula is C30H27Cl2N3O3. The summed E-state index contributed by atoms with van der Waals surface area (Å²) in [6, 6.07) is 17.5. The molecule has 1 saturated heterocycles. The highest BCUT2D eigenvalue weighted by atomic mass is 35.5. The summed E-state index contributed by atoms with van der Waals surface area (Å²) in [5.74, 6) is 0.0341. The SMILES string of the molecule is O=C(c1cnc2ccc(-c3cc(Cl)c(O)c(Cl)c3)cc2c1Nc1ccc(CN2CCOCC2)cc1)C1CC1. The highest BCUT2D eigenvalue weighted by Gasteiger charge is 2.32. The number of hydrogen-bond acceptors (Lipinski definition) is 6. The molecule has 194 valence electrons. The lowest BCUT2D eigenvalue weighted by Gasteiger charge is -2.26. The van der Waals surface area contributed by atoms with Crippen molar-refractivity contribution in [2.45, 2.75) is 19.4 Å². The number of phenolic OH excluding ortho intramolecular Hbond substituents is 1. The van der Waals surface area contributed by atoms with Gasteiger partial charge >= 0.3 is 0 Å². The molecule has 0 unspecified atom stereocenters. The van der Waals surface area contributed by atoms with E-state index in [4.69, 9.17) is 27.9 Å². The second-order valence-corrected chi connectivity index (χ2v) is 10.7. The van der Waals surface area contributed by atoms with Crippen molar-refractivity contribution < 1.29 is 14.6 Å². The quantitative estimate of drug-likeness (QED) is 0.241. The zero-order valence-corrected chi connectivity index (χ0v) is 22.2. The zero-order valence-electron chi connectivity index (χ0n) is 20.7. The molecule has 0 radical (unpaired) electrons. The maximum Gasteiger partial charge on any atom is 0.169 e. The van der Waals surface area contributed by atoms with Crippen LogP contribution in [0.15, 0.2) is 60.8 Å². The van der Waals surface area contributed by atoms with Crippen LogP contribution in [0, 0.1) is 5.92 Å². The molecular weight excluding hydrogens is 521 g/mol. The number of anilines is 2. The van der Waals surface area contributed by atoms with Gasteiger partial charge in [0.2, 0.25) is 0 Å². The van der Waals surface area contributed by atoms with Crippen molar-refractivity contribution in [3.05, 3.63) is 82.0 Å². The van der Waals surface area contributed by atoms with Crippen LogP contribution < -0.4 is 5.32 Å². The van der Waals surface area contributed by atoms with Crippen LogP contribution in [0.4, 0.5) is 11.4 Å². The number of fused-ring (bicyclic) bond motifs is 1. The van der Waals surface area contributed by atoms with Gasteiger partial charge in [0, 0.05) is 42.8 Å². The van der Waals surface area contributed by atoms with E-state index in [1.807, 2.05) is 18.2 Å². The number of carbonyl (C=O) groups excluding carboxylic acids is 1. The van der Waals surface area contributed by atoms with Crippen LogP contribution in [0.1, 0.15) is 28.8 Å². The van der Waals surface area contributed by atoms with Crippen LogP contribution >= 0.6 is 23.2 Å². The van der Waals surface area contributed by atoms with Crippen LogP contribution in [0.3, 0.4) is 0 Å². The van der Waals surface area contributed by atoms with E-state index in [-0.39, 0.29) is 27.5 Å². The van der Waals surface area contributed by atoms with Gasteiger partial charge in [0.25, 0.3) is 0 Å². The fourth-order valence-corrected chi connectivity index (χ4v) is 5.33. The van der Waals surface area contributed by atoms with Crippen LogP contribution in [-0.2, 0) is 11.3 Å². The Hall–Kier alpha value is -3.16. The molecule has 6 nitrogen and oxygen atoms in total. The number of rotatable bonds is 7. The molecule has 2 fully saturated rings. The molecule has 2 N–H and O–H groups in total. The number of morpholine rings is 1. The summed E-state index contributed by atoms with van der Waals surface area (Å²) in [5.41, 5.74) is 5.84. The largest absolute Gasteiger partial charge is 0.505 e. The molecule has 4 aromatic rings. The first-order valence-corrected chi connectivity index (χ1v) is 13.5. The van der Waals surface area contributed by atoms with Crippen molar-refractivity contribution in [3.63, 3.8) is 0 Å². The molecule has 0 spiro atoms. The number of pyridine rings is 1. The molecule has 38 heavy (non-hydrogen) atoms. The van der Waals surface area contributed by atoms with Gasteiger partial charge < -0.3 is 15.2 Å². The van der Waals surface area contributed by atoms with Crippen molar-refractivity contribution in [1.82, 2.24) is 9.88 Å². The number of ether oxygens (including phenoxy) is 1. The van der Waals surface area contributed by atoms with E-state index in [9.17, 15) is 9.90 Å². The minimum Gasteiger partial charge on any atom is -0.505 e. The second-order valence-electron chi connectivity index (χ2n) is 9.92. The summed E-state index contributed by atoms with van der Waals surface area (Å²) in [4.78, 5) is 20.3. The van der Waals surface area contributed by atoms with Gasteiger partial charge in [-0.3, -0.25) is 14.7 Å². The summed E-state index contributed by atoms with van der Waals surface area (Å²) >= 11 is 12.4. The standard InChI is InChI=1S/C30H27Cl2N3O3/c31-25-14-21(15-26(32)30(25)37)20-5-8-27-23(13-20)28(24(16-33-27)29(36)19-3-4-19)34-22-6-1-18(2-7-22)17-35-9-11-38-12-10-35/h1-2,5-8,13-16,19,37H,3-4,9-12,17H2,(H,33,34). The first kappa shape index (κ1) is 25.1. The number of benzene rings is 3. The maximum atomic E-state index is 13.3. The molecule has 2 heterocycles. The number of carbonyl (C=O) groups is 1. The predicted octanol–water partition coefficient (Wildman–Crippen LogP) is 7.08. The Balaban J connectivity index is 1.37. The van der Waals surface area contributed by atoms with E-state index in [1.54, 1.807) is 18.3 Å². The minimum atomic E-state index is -0.142. The molecule has 1 aromatic heterocycles. The van der Waals surface area contributed by atoms with Crippen LogP contribution in [0.2, 0.25) is 10.0 Å². The third-order valence-electron chi connectivity index (χ3n) is 7.16. The molecule has 1 saturated carbocycles. The number of hydrogen-bond donors (Lipinski definition) is 2. The molecule has 3 aromatic carbocycles. The second kappa shape index (κ2) is 10.5. The average molecular weight is 548 g/mol. The number of nitrogens with one attached hydrogen (secondary N) is 1. The van der Waals surface area contributed by atoms with Gasteiger partial charge in [-0.2, -0.15) is 0 Å². The first-order valence-electron chi connectivity index (χ1n) is 12.8. The Labute approximate surface area is 231 Å². The van der Waals surface area contributed by atoms with Gasteiger partial charge in [-0.1, -0.05) is 41.4 Å². The lowest BCUT2D eigenvalue weighted by atomic mass is 9.98. The molecule has 1 aliphatic carbocycles. The number of Topliss-reactive ketones (excluding diaryl/α,β-unsaturated/α-hetero) is 1. The predicted molar refractivity (Wildman–Crippen MR) is 152 cm³/mol. The van der Waals surface area contributed by atoms with E-state index in [0.717, 1.165) is 79.1 Å². The van der Waals surface area contributed by atoms with E-state index in [1.165, 1.54) is 5.56 Å². The van der Waals surface area contributed by atoms with Crippen molar-refractivity contribution in [1.29, 1.82) is 0 Å². The van der Waals surface area contributed by atoms with Crippen LogP contribution in [-0.4, -0.2) is 47.1 Å². The van der Waals surface area contributed by atoms with Gasteiger partial charge in [-0.05, 0) is 65.9 Å². The number of halogens is 2. The van der Waals surface area contributed by atoms with Gasteiger partial charge in [0.05, 0.1) is 40.0 Å². The normalized spacial score (nSPS) is 16.1. The van der Waals surface area contributed by atoms with Crippen LogP contribution in [0.5, 0.6) is 5.75 Å². The third-order valence-corrected chi connectivity index (χ3v) is 7.74. The van der Waals surface area contributed by atoms with Crippen LogP contribution in [0.25, 0.3) is 22.0 Å². The van der Waals surface area contributed by atoms with Gasteiger partial charge in [0.1, 0.15) is 0 Å². The fourth-order valence-electron chi connectivity index (χ4n) is 4.85. The lowest BCUT2D eigenvalue weighted by molar-refractivity contribution is 0.0342. The minimum absolute atomic E-state index is 0.0589. The highest BCUT2D eigenvalue weighted by Crippen LogP contribution is 2.40. The molecule has 0 amide bonds. The summed E-state index contributed by atoms with van der Waals surface area (Å²) in [5, 5.41) is 14.7. The van der Waals surface area contributed by atoms with Crippen molar-refractivity contribution in [3.8, 4) is 16.9 Å². The van der Waals surface area contributed by atoms with Crippen molar-refractivity contribution >= 4 is 51.3 Å². The fraction of sp³-hybridized carbons (Fsp3) is 0.267. The van der Waals surface area contributed by atoms with E-state index in [2.05, 4.69) is 39.5 Å². The van der Waals surface area contributed by atoms with E-state index in [0.29, 0.717) is 5.56 Å². The molecule has 2 aliphatic rings. The number of ketones is 1. The molecule has 6 rings (SSSR count). The summed E-state index contributed by atoms with van der Waals surface area (Å²) in [6.07, 6.45) is 3.51. The Morgan fingerprint density at radius 1 is 1.00 bits per heavy atom. The van der Waals surface area contributed by atoms with Gasteiger partial charge in [0.15, 0.2) is 11.5 Å². The van der Waals surface area contributed by atoms with Gasteiger partial charge in [-0.25, -0.2) is 0 Å². The molecule has 1 aliphatic heterocycles. The Morgan fingerprint density at radius 3 is 2.39 bits per heavy atom. The zero-order chi connectivity index (χ0) is 26.2. The number of nitrogens with zero attached hydrogens (tertiary/aromatic N) is 2. The van der Waals surface area contributed by atoms with E-state index < -0.39 is 0 Å². The van der Waals surface area contributed by atoms with Crippen molar-refractivity contribution in [2.75, 3.05) is 31.6 Å². The Morgan fingerprint density at radius 2 is 1.71 bits per heavy atom. The maximum absolute atomic E-state index is 13.3. The Bertz CT molecular complexity index is 1490. The summed E-state index contributed by atoms with van der Waals surface area (Å²) in [7, 11) is 0. The smallest absolute Gasteiger partial charge is 0.169 e. The number of phenols is 1. The molecule has 0 bridgehead atoms. The van der Waals surface area contributed by atoms with Crippen molar-refractivity contribution in [2.24, 2.45) is 5.92 Å². The topological polar surface area (TPSA) is 74.7 Å².